The third-order valence-corrected chi connectivity index (χ3v) is 12.1. The van der Waals surface area contributed by atoms with E-state index in [4.69, 9.17) is 14.9 Å². The van der Waals surface area contributed by atoms with Gasteiger partial charge in [-0.05, 0) is 111 Å². The van der Waals surface area contributed by atoms with E-state index in [1.165, 1.54) is 6.92 Å². The zero-order chi connectivity index (χ0) is 33.0. The quantitative estimate of drug-likeness (QED) is 0.0960. The molecule has 0 aromatic carbocycles. The molecule has 0 amide bonds. The van der Waals surface area contributed by atoms with Gasteiger partial charge in [0.05, 0.1) is 25.4 Å². The van der Waals surface area contributed by atoms with Gasteiger partial charge in [-0.2, -0.15) is 0 Å². The van der Waals surface area contributed by atoms with Crippen LogP contribution in [-0.4, -0.2) is 82.1 Å². The van der Waals surface area contributed by atoms with E-state index >= 15 is 0 Å². The number of carboxylic acids is 1. The molecule has 4 aliphatic rings. The molecule has 4 aliphatic carbocycles. The monoisotopic (exact) mass is 621 g/mol. The molecule has 44 heavy (non-hydrogen) atoms. The van der Waals surface area contributed by atoms with E-state index in [1.807, 2.05) is 19.9 Å². The van der Waals surface area contributed by atoms with Crippen molar-refractivity contribution in [2.24, 2.45) is 39.9 Å². The Morgan fingerprint density at radius 2 is 1.61 bits per heavy atom. The number of aliphatic hydroxyl groups excluding tert-OH is 4. The molecule has 0 heterocycles. The molecule has 6 N–H and O–H groups in total. The Labute approximate surface area is 264 Å². The van der Waals surface area contributed by atoms with Gasteiger partial charge in [0.15, 0.2) is 0 Å². The molecule has 9 nitrogen and oxygen atoms in total. The lowest BCUT2D eigenvalue weighted by atomic mass is 9.36. The van der Waals surface area contributed by atoms with E-state index in [1.54, 1.807) is 0 Å². The molecule has 0 spiro atoms. The number of fused-ring (bicyclic) bond motifs is 5. The summed E-state index contributed by atoms with van der Waals surface area (Å²) in [7, 11) is 0. The predicted molar refractivity (Wildman–Crippen MR) is 170 cm³/mol. The van der Waals surface area contributed by atoms with Crippen molar-refractivity contribution in [1.29, 1.82) is 0 Å². The molecule has 0 bridgehead atoms. The number of aliphatic carboxylic acids is 1. The van der Waals surface area contributed by atoms with Gasteiger partial charge in [-0.1, -0.05) is 39.3 Å². The number of nitrogens with one attached hydrogen (secondary N) is 1. The van der Waals surface area contributed by atoms with Crippen LogP contribution in [0.5, 0.6) is 0 Å². The van der Waals surface area contributed by atoms with Gasteiger partial charge in [-0.25, -0.2) is 4.79 Å². The van der Waals surface area contributed by atoms with Crippen LogP contribution in [0.1, 0.15) is 99.8 Å². The van der Waals surface area contributed by atoms with Crippen molar-refractivity contribution in [1.82, 2.24) is 5.32 Å². The number of hydrogen-bond acceptors (Lipinski definition) is 8. The molecule has 1 unspecified atom stereocenters. The summed E-state index contributed by atoms with van der Waals surface area (Å²) in [6.07, 6.45) is 6.22. The Kier molecular flexibility index (Phi) is 12.3. The van der Waals surface area contributed by atoms with E-state index in [9.17, 15) is 24.9 Å². The first kappa shape index (κ1) is 36.7. The summed E-state index contributed by atoms with van der Waals surface area (Å²) in [6, 6.07) is 0. The maximum atomic E-state index is 12.6. The highest BCUT2D eigenvalue weighted by molar-refractivity contribution is 5.88. The van der Waals surface area contributed by atoms with Crippen LogP contribution < -0.4 is 5.32 Å². The number of esters is 1. The lowest BCUT2D eigenvalue weighted by Crippen LogP contribution is -2.65. The molecule has 0 aromatic rings. The van der Waals surface area contributed by atoms with Crippen LogP contribution in [0.25, 0.3) is 0 Å². The number of carbonyl (C=O) groups excluding carboxylic acids is 1. The van der Waals surface area contributed by atoms with Crippen molar-refractivity contribution in [3.05, 3.63) is 22.8 Å². The van der Waals surface area contributed by atoms with Gasteiger partial charge in [0.25, 0.3) is 0 Å². The van der Waals surface area contributed by atoms with Crippen molar-refractivity contribution in [2.75, 3.05) is 26.3 Å². The van der Waals surface area contributed by atoms with Crippen molar-refractivity contribution in [3.8, 4) is 0 Å². The van der Waals surface area contributed by atoms with Gasteiger partial charge in [0, 0.05) is 25.6 Å². The van der Waals surface area contributed by atoms with E-state index in [0.717, 1.165) is 36.8 Å². The van der Waals surface area contributed by atoms with Crippen LogP contribution in [0.2, 0.25) is 0 Å². The minimum Gasteiger partial charge on any atom is -0.478 e. The van der Waals surface area contributed by atoms with Crippen LogP contribution in [0.15, 0.2) is 22.8 Å². The number of rotatable bonds is 9. The van der Waals surface area contributed by atoms with Crippen molar-refractivity contribution < 1.29 is 39.9 Å². The van der Waals surface area contributed by atoms with Crippen LogP contribution in [0.3, 0.4) is 0 Å². The fourth-order valence-electron chi connectivity index (χ4n) is 10.1. The number of carbonyl (C=O) groups is 2. The summed E-state index contributed by atoms with van der Waals surface area (Å²) < 4.78 is 5.87. The van der Waals surface area contributed by atoms with Gasteiger partial charge >= 0.3 is 11.9 Å². The summed E-state index contributed by atoms with van der Waals surface area (Å²) in [5.74, 6) is -0.909. The van der Waals surface area contributed by atoms with Gasteiger partial charge in [0.1, 0.15) is 6.10 Å². The van der Waals surface area contributed by atoms with Crippen molar-refractivity contribution >= 4 is 11.9 Å². The third kappa shape index (κ3) is 6.97. The maximum Gasteiger partial charge on any atom is 0.331 e. The minimum atomic E-state index is -0.953. The highest BCUT2D eigenvalue weighted by Gasteiger charge is 2.70. The molecule has 4 fully saturated rings. The Morgan fingerprint density at radius 1 is 0.977 bits per heavy atom. The number of ether oxygens (including phenoxy) is 1. The van der Waals surface area contributed by atoms with Crippen molar-refractivity contribution in [3.63, 3.8) is 0 Å². The molecule has 0 aromatic heterocycles. The summed E-state index contributed by atoms with van der Waals surface area (Å²) in [5, 5.41) is 52.0. The van der Waals surface area contributed by atoms with Crippen LogP contribution in [0.4, 0.5) is 0 Å². The lowest BCUT2D eigenvalue weighted by Gasteiger charge is -2.69. The van der Waals surface area contributed by atoms with Crippen LogP contribution in [-0.2, 0) is 14.3 Å². The second-order valence-corrected chi connectivity index (χ2v) is 14.8. The topological polar surface area (TPSA) is 157 Å². The minimum absolute atomic E-state index is 0.0474. The molecule has 252 valence electrons. The van der Waals surface area contributed by atoms with E-state index < -0.39 is 24.1 Å². The largest absolute Gasteiger partial charge is 0.478 e. The Bertz CT molecular complexity index is 1080. The Balaban J connectivity index is 0.000000676. The van der Waals surface area contributed by atoms with Gasteiger partial charge < -0.3 is 35.6 Å². The highest BCUT2D eigenvalue weighted by atomic mass is 16.5. The second kappa shape index (κ2) is 14.8. The molecule has 9 heteroatoms. The van der Waals surface area contributed by atoms with E-state index in [-0.39, 0.29) is 53.3 Å². The van der Waals surface area contributed by atoms with Gasteiger partial charge in [-0.15, -0.1) is 0 Å². The number of carboxylic acid groups (broad SMARTS) is 1. The van der Waals surface area contributed by atoms with Crippen molar-refractivity contribution in [2.45, 2.75) is 118 Å². The first-order valence-electron chi connectivity index (χ1n) is 16.6. The third-order valence-electron chi connectivity index (χ3n) is 12.1. The standard InChI is InChI=1S/C31H48O6.C4H11NO2/c1-17(2)9-8-10-20(28(35)36)26-22-15-24(34)27-29(5)13-12-23(33)18(3)21(29)11-14-30(27,6)31(22,7)16-25(26)37-19(4)32;6-3-1-5-2-4-7/h9,18,21-25,27,33-34H,8,10-16H2,1-7H3,(H,35,36);5-7H,1-4H2/b26-20-;/t18-,21-,22-,23?,24+,25+,27+,29+,30-,31+;/m1./s1. The normalized spacial score (nSPS) is 40.4. The number of hydrogen-bond donors (Lipinski definition) is 6. The predicted octanol–water partition coefficient (Wildman–Crippen LogP) is 4.23. The Hall–Kier alpha value is -1.78. The number of aliphatic hydroxyl groups is 4. The SMILES string of the molecule is CC(=O)O[C@H]1C[C@@]2(C)[C@H](C[C@H](O)[C@H]3[C@@]4(C)CCC(O)[C@H](C)[C@H]4CC[C@]32C)/C1=C(\CCC=C(C)C)C(=O)O.OCCNCCO. The fourth-order valence-corrected chi connectivity index (χ4v) is 10.1. The zero-order valence-corrected chi connectivity index (χ0v) is 28.1. The summed E-state index contributed by atoms with van der Waals surface area (Å²) in [4.78, 5) is 24.8. The maximum absolute atomic E-state index is 12.6. The summed E-state index contributed by atoms with van der Waals surface area (Å²) in [5.41, 5.74) is 1.57. The van der Waals surface area contributed by atoms with Crippen LogP contribution >= 0.6 is 0 Å². The van der Waals surface area contributed by atoms with Gasteiger partial charge in [0.2, 0.25) is 0 Å². The average Bonchev–Trinajstić information content (AvgIpc) is 3.20. The second-order valence-electron chi connectivity index (χ2n) is 14.8. The average molecular weight is 622 g/mol. The fraction of sp³-hybridized carbons (Fsp3) is 0.829. The first-order chi connectivity index (χ1) is 20.6. The summed E-state index contributed by atoms with van der Waals surface area (Å²) >= 11 is 0. The summed E-state index contributed by atoms with van der Waals surface area (Å²) in [6.45, 7) is 15.9. The molecule has 0 aliphatic heterocycles. The highest BCUT2D eigenvalue weighted by Crippen LogP contribution is 2.74. The number of allylic oxidation sites excluding steroid dienone is 2. The first-order valence-corrected chi connectivity index (χ1v) is 16.6. The Morgan fingerprint density at radius 3 is 2.16 bits per heavy atom. The smallest absolute Gasteiger partial charge is 0.331 e. The molecule has 0 saturated heterocycles. The van der Waals surface area contributed by atoms with E-state index in [2.05, 4.69) is 33.0 Å². The molecular formula is C35H59NO8. The lowest BCUT2D eigenvalue weighted by molar-refractivity contribution is -0.234. The zero-order valence-electron chi connectivity index (χ0n) is 28.1. The van der Waals surface area contributed by atoms with Gasteiger partial charge in [-0.3, -0.25) is 4.79 Å². The molecular weight excluding hydrogens is 562 g/mol. The van der Waals surface area contributed by atoms with E-state index in [0.29, 0.717) is 50.3 Å². The van der Waals surface area contributed by atoms with Crippen LogP contribution in [0, 0.1) is 39.9 Å². The molecule has 4 rings (SSSR count). The molecule has 10 atom stereocenters. The molecule has 4 saturated carbocycles. The molecule has 0 radical (unpaired) electrons.